The standard InChI is InChI=1S/C14H16N2O3/c1-2-19-14(18)9-8-11-10-13(17)16(15-11)12-6-4-3-5-7-12/h3-7,10,15H,2,8-9H2,1H3. The van der Waals surface area contributed by atoms with E-state index in [0.29, 0.717) is 13.0 Å². The molecule has 5 heteroatoms. The lowest BCUT2D eigenvalue weighted by Gasteiger charge is -2.02. The molecule has 1 aromatic heterocycles. The van der Waals surface area contributed by atoms with Crippen LogP contribution in [0, 0.1) is 0 Å². The molecule has 0 radical (unpaired) electrons. The Labute approximate surface area is 110 Å². The summed E-state index contributed by atoms with van der Waals surface area (Å²) in [5.41, 5.74) is 1.36. The fourth-order valence-corrected chi connectivity index (χ4v) is 1.81. The van der Waals surface area contributed by atoms with Gasteiger partial charge in [-0.05, 0) is 25.5 Å². The van der Waals surface area contributed by atoms with Gasteiger partial charge in [-0.1, -0.05) is 18.2 Å². The van der Waals surface area contributed by atoms with Gasteiger partial charge in [-0.3, -0.25) is 14.7 Å². The van der Waals surface area contributed by atoms with Crippen molar-refractivity contribution in [3.8, 4) is 5.69 Å². The van der Waals surface area contributed by atoms with Crippen LogP contribution in [0.3, 0.4) is 0 Å². The molecule has 0 saturated carbocycles. The number of carbonyl (C=O) groups is 1. The first kappa shape index (κ1) is 13.1. The molecule has 0 fully saturated rings. The van der Waals surface area contributed by atoms with Gasteiger partial charge in [0.25, 0.3) is 5.56 Å². The molecule has 19 heavy (non-hydrogen) atoms. The van der Waals surface area contributed by atoms with E-state index >= 15 is 0 Å². The van der Waals surface area contributed by atoms with Gasteiger partial charge in [0, 0.05) is 11.8 Å². The van der Waals surface area contributed by atoms with Gasteiger partial charge < -0.3 is 4.74 Å². The predicted octanol–water partition coefficient (Wildman–Crippen LogP) is 1.66. The van der Waals surface area contributed by atoms with Crippen molar-refractivity contribution in [2.45, 2.75) is 19.8 Å². The number of aromatic amines is 1. The molecule has 5 nitrogen and oxygen atoms in total. The molecule has 0 aliphatic heterocycles. The molecule has 2 aromatic rings. The van der Waals surface area contributed by atoms with Crippen molar-refractivity contribution >= 4 is 5.97 Å². The van der Waals surface area contributed by atoms with Crippen molar-refractivity contribution in [2.75, 3.05) is 6.61 Å². The molecule has 0 unspecified atom stereocenters. The maximum absolute atomic E-state index is 11.8. The van der Waals surface area contributed by atoms with Gasteiger partial charge in [-0.2, -0.15) is 0 Å². The van der Waals surface area contributed by atoms with Crippen molar-refractivity contribution in [2.24, 2.45) is 0 Å². The van der Waals surface area contributed by atoms with E-state index < -0.39 is 0 Å². The third-order valence-electron chi connectivity index (χ3n) is 2.69. The Bertz CT molecular complexity index is 599. The molecule has 1 heterocycles. The average molecular weight is 260 g/mol. The Morgan fingerprint density at radius 3 is 2.74 bits per heavy atom. The Balaban J connectivity index is 2.09. The molecular weight excluding hydrogens is 244 g/mol. The maximum Gasteiger partial charge on any atom is 0.306 e. The number of hydrogen-bond donors (Lipinski definition) is 1. The Morgan fingerprint density at radius 2 is 2.05 bits per heavy atom. The number of nitrogens with one attached hydrogen (secondary N) is 1. The molecule has 0 saturated heterocycles. The number of benzene rings is 1. The zero-order chi connectivity index (χ0) is 13.7. The van der Waals surface area contributed by atoms with E-state index in [-0.39, 0.29) is 17.9 Å². The van der Waals surface area contributed by atoms with E-state index in [9.17, 15) is 9.59 Å². The molecule has 0 aliphatic rings. The summed E-state index contributed by atoms with van der Waals surface area (Å²) in [6, 6.07) is 10.8. The lowest BCUT2D eigenvalue weighted by molar-refractivity contribution is -0.143. The molecule has 1 N–H and O–H groups in total. The predicted molar refractivity (Wildman–Crippen MR) is 71.3 cm³/mol. The van der Waals surface area contributed by atoms with E-state index in [4.69, 9.17) is 4.74 Å². The number of para-hydroxylation sites is 1. The zero-order valence-corrected chi connectivity index (χ0v) is 10.8. The van der Waals surface area contributed by atoms with Gasteiger partial charge in [0.2, 0.25) is 0 Å². The first-order valence-corrected chi connectivity index (χ1v) is 6.22. The highest BCUT2D eigenvalue weighted by atomic mass is 16.5. The van der Waals surface area contributed by atoms with Gasteiger partial charge in [0.05, 0.1) is 18.7 Å². The summed E-state index contributed by atoms with van der Waals surface area (Å²) in [5.74, 6) is -0.254. The van der Waals surface area contributed by atoms with Crippen LogP contribution in [0.4, 0.5) is 0 Å². The average Bonchev–Trinajstić information content (AvgIpc) is 2.79. The minimum absolute atomic E-state index is 0.134. The highest BCUT2D eigenvalue weighted by Crippen LogP contribution is 2.05. The second kappa shape index (κ2) is 6.04. The highest BCUT2D eigenvalue weighted by Gasteiger charge is 2.07. The van der Waals surface area contributed by atoms with E-state index in [1.807, 2.05) is 30.3 Å². The van der Waals surface area contributed by atoms with E-state index in [0.717, 1.165) is 11.4 Å². The highest BCUT2D eigenvalue weighted by molar-refractivity contribution is 5.69. The Hall–Kier alpha value is -2.30. The minimum atomic E-state index is -0.254. The number of nitrogens with zero attached hydrogens (tertiary/aromatic N) is 1. The van der Waals surface area contributed by atoms with Crippen LogP contribution < -0.4 is 5.56 Å². The summed E-state index contributed by atoms with van der Waals surface area (Å²) in [5, 5.41) is 2.99. The molecule has 2 rings (SSSR count). The number of aromatic nitrogens is 2. The number of rotatable bonds is 5. The molecule has 100 valence electrons. The fourth-order valence-electron chi connectivity index (χ4n) is 1.81. The normalized spacial score (nSPS) is 10.4. The summed E-state index contributed by atoms with van der Waals surface area (Å²) in [7, 11) is 0. The number of ether oxygens (including phenoxy) is 1. The zero-order valence-electron chi connectivity index (χ0n) is 10.8. The number of hydrogen-bond acceptors (Lipinski definition) is 3. The van der Waals surface area contributed by atoms with Crippen LogP contribution in [-0.2, 0) is 16.0 Å². The summed E-state index contributed by atoms with van der Waals surface area (Å²) in [6.07, 6.45) is 0.733. The van der Waals surface area contributed by atoms with E-state index in [1.165, 1.54) is 10.7 Å². The third-order valence-corrected chi connectivity index (χ3v) is 2.69. The monoisotopic (exact) mass is 260 g/mol. The number of carbonyl (C=O) groups excluding carboxylic acids is 1. The van der Waals surface area contributed by atoms with Crippen LogP contribution in [0.1, 0.15) is 19.0 Å². The van der Waals surface area contributed by atoms with Crippen LogP contribution in [-0.4, -0.2) is 22.4 Å². The van der Waals surface area contributed by atoms with Gasteiger partial charge >= 0.3 is 5.97 Å². The van der Waals surface area contributed by atoms with Crippen LogP contribution in [0.25, 0.3) is 5.69 Å². The van der Waals surface area contributed by atoms with Gasteiger partial charge in [0.15, 0.2) is 0 Å². The second-order valence-electron chi connectivity index (χ2n) is 4.10. The first-order valence-electron chi connectivity index (χ1n) is 6.22. The lowest BCUT2D eigenvalue weighted by atomic mass is 10.2. The molecule has 0 bridgehead atoms. The largest absolute Gasteiger partial charge is 0.466 e. The summed E-state index contributed by atoms with van der Waals surface area (Å²) in [4.78, 5) is 23.1. The van der Waals surface area contributed by atoms with Crippen molar-refractivity contribution in [1.82, 2.24) is 9.78 Å². The number of aryl methyl sites for hydroxylation is 1. The molecule has 1 aromatic carbocycles. The van der Waals surface area contributed by atoms with Crippen molar-refractivity contribution in [1.29, 1.82) is 0 Å². The first-order chi connectivity index (χ1) is 9.20. The van der Waals surface area contributed by atoms with E-state index in [1.54, 1.807) is 6.92 Å². The maximum atomic E-state index is 11.8. The number of H-pyrrole nitrogens is 1. The topological polar surface area (TPSA) is 64.1 Å². The second-order valence-corrected chi connectivity index (χ2v) is 4.10. The molecular formula is C14H16N2O3. The summed E-state index contributed by atoms with van der Waals surface area (Å²) < 4.78 is 6.31. The van der Waals surface area contributed by atoms with Crippen molar-refractivity contribution in [3.63, 3.8) is 0 Å². The van der Waals surface area contributed by atoms with Crippen LogP contribution >= 0.6 is 0 Å². The van der Waals surface area contributed by atoms with Crippen molar-refractivity contribution < 1.29 is 9.53 Å². The minimum Gasteiger partial charge on any atom is -0.466 e. The SMILES string of the molecule is CCOC(=O)CCc1cc(=O)n(-c2ccccc2)[nH]1. The molecule has 0 spiro atoms. The van der Waals surface area contributed by atoms with Gasteiger partial charge in [-0.25, -0.2) is 4.68 Å². The molecule has 0 atom stereocenters. The summed E-state index contributed by atoms with van der Waals surface area (Å²) in [6.45, 7) is 2.14. The quantitative estimate of drug-likeness (QED) is 0.831. The number of esters is 1. The van der Waals surface area contributed by atoms with E-state index in [2.05, 4.69) is 5.10 Å². The Kier molecular flexibility index (Phi) is 4.18. The van der Waals surface area contributed by atoms with Crippen LogP contribution in [0.15, 0.2) is 41.2 Å². The summed E-state index contributed by atoms with van der Waals surface area (Å²) >= 11 is 0. The Morgan fingerprint density at radius 1 is 1.32 bits per heavy atom. The molecule has 0 amide bonds. The van der Waals surface area contributed by atoms with Crippen LogP contribution in [0.5, 0.6) is 0 Å². The van der Waals surface area contributed by atoms with Gasteiger partial charge in [0.1, 0.15) is 0 Å². The fraction of sp³-hybridized carbons (Fsp3) is 0.286. The lowest BCUT2D eigenvalue weighted by Crippen LogP contribution is -2.13. The van der Waals surface area contributed by atoms with Crippen LogP contribution in [0.2, 0.25) is 0 Å². The van der Waals surface area contributed by atoms with Gasteiger partial charge in [-0.15, -0.1) is 0 Å². The smallest absolute Gasteiger partial charge is 0.306 e. The third kappa shape index (κ3) is 3.34. The van der Waals surface area contributed by atoms with Crippen molar-refractivity contribution in [3.05, 3.63) is 52.4 Å². The molecule has 0 aliphatic carbocycles.